The van der Waals surface area contributed by atoms with Gasteiger partial charge in [0.1, 0.15) is 18.0 Å². The van der Waals surface area contributed by atoms with Crippen LogP contribution in [0.2, 0.25) is 0 Å². The summed E-state index contributed by atoms with van der Waals surface area (Å²) in [4.78, 5) is 21.4. The lowest BCUT2D eigenvalue weighted by atomic mass is 10.0. The fourth-order valence-corrected chi connectivity index (χ4v) is 6.08. The number of aromatic nitrogens is 4. The van der Waals surface area contributed by atoms with Crippen LogP contribution < -0.4 is 0 Å². The van der Waals surface area contributed by atoms with Crippen molar-refractivity contribution in [2.24, 2.45) is 0 Å². The lowest BCUT2D eigenvalue weighted by Crippen LogP contribution is -1.89. The molecule has 0 spiro atoms. The molecule has 0 atom stereocenters. The SMILES string of the molecule is [C-]#[N+]c1cc(-c2cccc(-c3ccc4c(c3)sc3cc(-c5cccc(-c6ccnc(C#N)c6)n5)ccc34)n2)ccn1. The van der Waals surface area contributed by atoms with Crippen molar-refractivity contribution in [3.8, 4) is 51.1 Å². The van der Waals surface area contributed by atoms with Crippen molar-refractivity contribution in [1.82, 2.24) is 19.9 Å². The zero-order chi connectivity index (χ0) is 27.8. The van der Waals surface area contributed by atoms with E-state index in [2.05, 4.69) is 57.3 Å². The molecule has 7 heteroatoms. The molecule has 0 aliphatic carbocycles. The fourth-order valence-electron chi connectivity index (χ4n) is 4.90. The minimum absolute atomic E-state index is 0.355. The number of hydrogen-bond donors (Lipinski definition) is 0. The summed E-state index contributed by atoms with van der Waals surface area (Å²) < 4.78 is 2.37. The van der Waals surface area contributed by atoms with Crippen LogP contribution in [0.5, 0.6) is 0 Å². The fraction of sp³-hybridized carbons (Fsp3) is 0. The molecule has 0 aliphatic rings. The average molecular weight is 543 g/mol. The van der Waals surface area contributed by atoms with E-state index in [9.17, 15) is 5.26 Å². The molecule has 7 aromatic rings. The first-order chi connectivity index (χ1) is 20.2. The van der Waals surface area contributed by atoms with Crippen LogP contribution in [-0.4, -0.2) is 19.9 Å². The van der Waals surface area contributed by atoms with Gasteiger partial charge in [-0.15, -0.1) is 16.3 Å². The third kappa shape index (κ3) is 4.57. The largest absolute Gasteiger partial charge is 0.361 e. The molecular formula is C34H18N6S. The van der Waals surface area contributed by atoms with E-state index in [1.165, 1.54) is 20.2 Å². The highest BCUT2D eigenvalue weighted by atomic mass is 32.1. The summed E-state index contributed by atoms with van der Waals surface area (Å²) in [7, 11) is 0. The van der Waals surface area contributed by atoms with Gasteiger partial charge in [0.2, 0.25) is 0 Å². The van der Waals surface area contributed by atoms with Crippen LogP contribution >= 0.6 is 11.3 Å². The van der Waals surface area contributed by atoms with E-state index in [0.29, 0.717) is 11.5 Å². The highest BCUT2D eigenvalue weighted by Crippen LogP contribution is 2.38. The Labute approximate surface area is 239 Å². The molecule has 0 saturated carbocycles. The monoisotopic (exact) mass is 542 g/mol. The Balaban J connectivity index is 1.25. The summed E-state index contributed by atoms with van der Waals surface area (Å²) in [5.41, 5.74) is 7.53. The molecule has 0 unspecified atom stereocenters. The van der Waals surface area contributed by atoms with Gasteiger partial charge in [-0.1, -0.05) is 43.0 Å². The maximum atomic E-state index is 9.21. The third-order valence-corrected chi connectivity index (χ3v) is 8.00. The van der Waals surface area contributed by atoms with Gasteiger partial charge in [0, 0.05) is 43.1 Å². The van der Waals surface area contributed by atoms with Crippen molar-refractivity contribution in [1.29, 1.82) is 5.26 Å². The predicted molar refractivity (Wildman–Crippen MR) is 163 cm³/mol. The summed E-state index contributed by atoms with van der Waals surface area (Å²) in [5.74, 6) is 0.355. The topological polar surface area (TPSA) is 79.7 Å². The van der Waals surface area contributed by atoms with Crippen LogP contribution in [0.25, 0.3) is 70.0 Å². The Morgan fingerprint density at radius 1 is 0.610 bits per heavy atom. The second-order valence-electron chi connectivity index (χ2n) is 9.40. The maximum absolute atomic E-state index is 9.21. The van der Waals surface area contributed by atoms with Gasteiger partial charge >= 0.3 is 0 Å². The minimum atomic E-state index is 0.355. The first-order valence-electron chi connectivity index (χ1n) is 12.8. The molecule has 190 valence electrons. The first-order valence-corrected chi connectivity index (χ1v) is 13.6. The van der Waals surface area contributed by atoms with Gasteiger partial charge in [0.15, 0.2) is 0 Å². The van der Waals surface area contributed by atoms with E-state index < -0.39 is 0 Å². The van der Waals surface area contributed by atoms with Crippen molar-refractivity contribution in [2.45, 2.75) is 0 Å². The quantitative estimate of drug-likeness (QED) is 0.208. The number of fused-ring (bicyclic) bond motifs is 3. The minimum Gasteiger partial charge on any atom is -0.361 e. The molecule has 0 radical (unpaired) electrons. The van der Waals surface area contributed by atoms with Crippen molar-refractivity contribution >= 4 is 37.3 Å². The van der Waals surface area contributed by atoms with Crippen LogP contribution in [-0.2, 0) is 0 Å². The normalized spacial score (nSPS) is 10.9. The Bertz CT molecular complexity index is 2050. The lowest BCUT2D eigenvalue weighted by molar-refractivity contribution is 1.25. The number of rotatable bonds is 4. The highest BCUT2D eigenvalue weighted by Gasteiger charge is 2.12. The van der Waals surface area contributed by atoms with Crippen LogP contribution in [0.3, 0.4) is 0 Å². The predicted octanol–water partition coefficient (Wildman–Crippen LogP) is 8.72. The Morgan fingerprint density at radius 3 is 1.66 bits per heavy atom. The van der Waals surface area contributed by atoms with E-state index >= 15 is 0 Å². The zero-order valence-corrected chi connectivity index (χ0v) is 22.3. The van der Waals surface area contributed by atoms with Crippen molar-refractivity contribution in [2.75, 3.05) is 0 Å². The van der Waals surface area contributed by atoms with Crippen LogP contribution in [0.1, 0.15) is 5.69 Å². The molecule has 0 fully saturated rings. The average Bonchev–Trinajstić information content (AvgIpc) is 3.42. The van der Waals surface area contributed by atoms with Gasteiger partial charge in [0.25, 0.3) is 5.82 Å². The molecule has 41 heavy (non-hydrogen) atoms. The van der Waals surface area contributed by atoms with Crippen LogP contribution in [0.4, 0.5) is 5.82 Å². The Kier molecular flexibility index (Phi) is 5.98. The standard InChI is InChI=1S/C34H18N6S/c1-36-34-19-24(13-15-38-34)31-7-3-5-29(40-31)22-9-11-27-26-10-8-21(17-32(26)41-33(27)18-22)28-4-2-6-30(39-28)23-12-14-37-25(16-23)20-35/h2-19H. The number of thiophene rings is 1. The Morgan fingerprint density at radius 2 is 1.12 bits per heavy atom. The first kappa shape index (κ1) is 24.3. The van der Waals surface area contributed by atoms with Crippen molar-refractivity contribution < 1.29 is 0 Å². The second-order valence-corrected chi connectivity index (χ2v) is 10.5. The molecule has 5 aromatic heterocycles. The van der Waals surface area contributed by atoms with Gasteiger partial charge in [-0.25, -0.2) is 15.0 Å². The number of benzene rings is 2. The molecule has 0 bridgehead atoms. The summed E-state index contributed by atoms with van der Waals surface area (Å²) in [5, 5.41) is 11.6. The molecule has 2 aromatic carbocycles. The molecule has 5 heterocycles. The summed E-state index contributed by atoms with van der Waals surface area (Å²) in [6.07, 6.45) is 3.28. The second kappa shape index (κ2) is 10.1. The number of pyridine rings is 4. The number of hydrogen-bond acceptors (Lipinski definition) is 6. The molecule has 0 amide bonds. The summed E-state index contributed by atoms with van der Waals surface area (Å²) in [6.45, 7) is 7.25. The third-order valence-electron chi connectivity index (χ3n) is 6.89. The molecule has 0 saturated heterocycles. The lowest BCUT2D eigenvalue weighted by Gasteiger charge is -2.06. The summed E-state index contributed by atoms with van der Waals surface area (Å²) in [6, 6.07) is 34.2. The molecule has 6 nitrogen and oxygen atoms in total. The van der Waals surface area contributed by atoms with Gasteiger partial charge < -0.3 is 4.85 Å². The van der Waals surface area contributed by atoms with E-state index in [4.69, 9.17) is 16.5 Å². The summed E-state index contributed by atoms with van der Waals surface area (Å²) >= 11 is 1.75. The maximum Gasteiger partial charge on any atom is 0.270 e. The van der Waals surface area contributed by atoms with E-state index in [1.807, 2.05) is 48.5 Å². The zero-order valence-electron chi connectivity index (χ0n) is 21.5. The van der Waals surface area contributed by atoms with Gasteiger partial charge in [0.05, 0.1) is 22.8 Å². The van der Waals surface area contributed by atoms with Crippen LogP contribution in [0, 0.1) is 17.9 Å². The smallest absolute Gasteiger partial charge is 0.270 e. The van der Waals surface area contributed by atoms with E-state index in [1.54, 1.807) is 35.9 Å². The van der Waals surface area contributed by atoms with Gasteiger partial charge in [-0.3, -0.25) is 0 Å². The number of nitriles is 1. The van der Waals surface area contributed by atoms with Gasteiger partial charge in [-0.2, -0.15) is 5.26 Å². The van der Waals surface area contributed by atoms with Gasteiger partial charge in [-0.05, 0) is 66.2 Å². The Hall–Kier alpha value is -5.76. The highest BCUT2D eigenvalue weighted by molar-refractivity contribution is 7.25. The van der Waals surface area contributed by atoms with Crippen molar-refractivity contribution in [3.05, 3.63) is 127 Å². The van der Waals surface area contributed by atoms with Crippen LogP contribution in [0.15, 0.2) is 109 Å². The molecule has 0 N–H and O–H groups in total. The number of nitrogens with zero attached hydrogens (tertiary/aromatic N) is 6. The molecule has 7 rings (SSSR count). The van der Waals surface area contributed by atoms with Crippen molar-refractivity contribution in [3.63, 3.8) is 0 Å². The molecular weight excluding hydrogens is 524 g/mol. The molecule has 0 aliphatic heterocycles. The van der Waals surface area contributed by atoms with E-state index in [0.717, 1.165) is 45.0 Å². The van der Waals surface area contributed by atoms with E-state index in [-0.39, 0.29) is 0 Å².